The third-order valence-corrected chi connectivity index (χ3v) is 3.23. The van der Waals surface area contributed by atoms with E-state index < -0.39 is 21.7 Å². The van der Waals surface area contributed by atoms with Crippen LogP contribution in [-0.2, 0) is 10.8 Å². The number of hydrogen-bond donors (Lipinski definition) is 2. The minimum atomic E-state index is -1.16. The predicted octanol–water partition coefficient (Wildman–Crippen LogP) is 1.47. The van der Waals surface area contributed by atoms with E-state index in [-0.39, 0.29) is 16.9 Å². The Bertz CT molecular complexity index is 518. The summed E-state index contributed by atoms with van der Waals surface area (Å²) in [4.78, 5) is 21.0. The number of anilines is 1. The average Bonchev–Trinajstić information content (AvgIpc) is 2.33. The van der Waals surface area contributed by atoms with Crippen LogP contribution in [0.25, 0.3) is 0 Å². The molecule has 0 aliphatic heterocycles. The monoisotopic (exact) mass is 286 g/mol. The van der Waals surface area contributed by atoms with E-state index in [1.807, 2.05) is 0 Å². The Hall–Kier alpha value is -1.96. The summed E-state index contributed by atoms with van der Waals surface area (Å²) in [6.07, 6.45) is 2.17. The maximum absolute atomic E-state index is 11.0. The average molecular weight is 286 g/mol. The first kappa shape index (κ1) is 15.1. The second kappa shape index (κ2) is 6.83. The quantitative estimate of drug-likeness (QED) is 0.446. The largest absolute Gasteiger partial charge is 0.478 e. The van der Waals surface area contributed by atoms with Crippen LogP contribution in [0, 0.1) is 10.1 Å². The standard InChI is InChI=1S/C11H14N2O5S/c1-19(18)6-2-5-12-10-7-8(13(16)17)3-4-9(10)11(14)15/h3-4,7,12H,2,5-6H2,1H3,(H,14,15). The van der Waals surface area contributed by atoms with Gasteiger partial charge < -0.3 is 10.4 Å². The number of carboxylic acids is 1. The first-order chi connectivity index (χ1) is 8.91. The van der Waals surface area contributed by atoms with Crippen LogP contribution in [-0.4, -0.2) is 38.8 Å². The molecule has 0 aromatic heterocycles. The van der Waals surface area contributed by atoms with Crippen LogP contribution in [0.5, 0.6) is 0 Å². The lowest BCUT2D eigenvalue weighted by Crippen LogP contribution is -2.10. The van der Waals surface area contributed by atoms with Gasteiger partial charge in [-0.05, 0) is 12.5 Å². The van der Waals surface area contributed by atoms with Gasteiger partial charge in [0, 0.05) is 41.5 Å². The van der Waals surface area contributed by atoms with Gasteiger partial charge in [0.1, 0.15) is 0 Å². The molecule has 1 atom stereocenters. The SMILES string of the molecule is CS(=O)CCCNc1cc([N+](=O)[O-])ccc1C(=O)O. The third-order valence-electron chi connectivity index (χ3n) is 2.37. The minimum absolute atomic E-state index is 0.0248. The van der Waals surface area contributed by atoms with E-state index in [1.165, 1.54) is 12.1 Å². The summed E-state index contributed by atoms with van der Waals surface area (Å²) in [5.41, 5.74) is -0.00151. The van der Waals surface area contributed by atoms with Gasteiger partial charge in [-0.1, -0.05) is 0 Å². The molecular formula is C11H14N2O5S. The van der Waals surface area contributed by atoms with E-state index in [4.69, 9.17) is 5.11 Å². The number of carbonyl (C=O) groups is 1. The van der Waals surface area contributed by atoms with Crippen molar-refractivity contribution < 1.29 is 19.0 Å². The van der Waals surface area contributed by atoms with E-state index >= 15 is 0 Å². The molecule has 0 spiro atoms. The van der Waals surface area contributed by atoms with Crippen molar-refractivity contribution in [3.63, 3.8) is 0 Å². The lowest BCUT2D eigenvalue weighted by atomic mass is 10.1. The smallest absolute Gasteiger partial charge is 0.337 e. The molecule has 1 aromatic rings. The number of hydrogen-bond acceptors (Lipinski definition) is 5. The second-order valence-corrected chi connectivity index (χ2v) is 5.40. The highest BCUT2D eigenvalue weighted by Crippen LogP contribution is 2.22. The second-order valence-electron chi connectivity index (χ2n) is 3.85. The Morgan fingerprint density at radius 2 is 2.21 bits per heavy atom. The van der Waals surface area contributed by atoms with Crippen molar-refractivity contribution in [2.24, 2.45) is 0 Å². The maximum Gasteiger partial charge on any atom is 0.337 e. The number of aromatic carboxylic acids is 1. The lowest BCUT2D eigenvalue weighted by molar-refractivity contribution is -0.384. The summed E-state index contributed by atoms with van der Waals surface area (Å²) in [7, 11) is -0.914. The van der Waals surface area contributed by atoms with Gasteiger partial charge in [0.2, 0.25) is 0 Å². The van der Waals surface area contributed by atoms with Gasteiger partial charge in [0.05, 0.1) is 16.2 Å². The fourth-order valence-electron chi connectivity index (χ4n) is 1.48. The number of rotatable bonds is 7. The fraction of sp³-hybridized carbons (Fsp3) is 0.364. The Kier molecular flexibility index (Phi) is 5.43. The third kappa shape index (κ3) is 4.66. The van der Waals surface area contributed by atoms with E-state index in [2.05, 4.69) is 5.32 Å². The molecule has 0 fully saturated rings. The van der Waals surface area contributed by atoms with Crippen LogP contribution in [0.15, 0.2) is 18.2 Å². The molecular weight excluding hydrogens is 272 g/mol. The number of nitrogens with one attached hydrogen (secondary N) is 1. The predicted molar refractivity (Wildman–Crippen MR) is 72.1 cm³/mol. The zero-order valence-corrected chi connectivity index (χ0v) is 11.1. The number of non-ortho nitro benzene ring substituents is 1. The van der Waals surface area contributed by atoms with Gasteiger partial charge in [-0.2, -0.15) is 0 Å². The van der Waals surface area contributed by atoms with Gasteiger partial charge in [-0.25, -0.2) is 4.79 Å². The summed E-state index contributed by atoms with van der Waals surface area (Å²) in [5.74, 6) is -0.666. The number of benzene rings is 1. The molecule has 2 N–H and O–H groups in total. The Morgan fingerprint density at radius 3 is 2.74 bits per heavy atom. The van der Waals surface area contributed by atoms with Gasteiger partial charge in [-0.3, -0.25) is 14.3 Å². The summed E-state index contributed by atoms with van der Waals surface area (Å²) >= 11 is 0. The van der Waals surface area contributed by atoms with Crippen molar-refractivity contribution in [2.75, 3.05) is 23.9 Å². The molecule has 1 aromatic carbocycles. The molecule has 104 valence electrons. The summed E-state index contributed by atoms with van der Waals surface area (Å²) in [6, 6.07) is 3.53. The fourth-order valence-corrected chi connectivity index (χ4v) is 2.03. The van der Waals surface area contributed by atoms with Crippen molar-refractivity contribution in [1.29, 1.82) is 0 Å². The van der Waals surface area contributed by atoms with Gasteiger partial charge in [0.15, 0.2) is 0 Å². The van der Waals surface area contributed by atoms with Gasteiger partial charge in [-0.15, -0.1) is 0 Å². The topological polar surface area (TPSA) is 110 Å². The van der Waals surface area contributed by atoms with Crippen molar-refractivity contribution in [2.45, 2.75) is 6.42 Å². The highest BCUT2D eigenvalue weighted by atomic mass is 32.2. The van der Waals surface area contributed by atoms with E-state index in [9.17, 15) is 19.1 Å². The summed E-state index contributed by atoms with van der Waals surface area (Å²) in [6.45, 7) is 0.404. The Morgan fingerprint density at radius 1 is 1.53 bits per heavy atom. The van der Waals surface area contributed by atoms with Crippen LogP contribution in [0.4, 0.5) is 11.4 Å². The van der Waals surface area contributed by atoms with Crippen molar-refractivity contribution in [3.8, 4) is 0 Å². The van der Waals surface area contributed by atoms with Crippen LogP contribution in [0.1, 0.15) is 16.8 Å². The van der Waals surface area contributed by atoms with E-state index in [1.54, 1.807) is 6.26 Å². The highest BCUT2D eigenvalue weighted by molar-refractivity contribution is 7.84. The molecule has 0 aliphatic rings. The number of carboxylic acid groups (broad SMARTS) is 1. The van der Waals surface area contributed by atoms with Crippen LogP contribution < -0.4 is 5.32 Å². The molecule has 19 heavy (non-hydrogen) atoms. The number of nitro groups is 1. The van der Waals surface area contributed by atoms with Crippen LogP contribution in [0.3, 0.4) is 0 Å². The zero-order chi connectivity index (χ0) is 14.4. The van der Waals surface area contributed by atoms with E-state index in [0.717, 1.165) is 6.07 Å². The molecule has 0 bridgehead atoms. The molecule has 0 saturated carbocycles. The minimum Gasteiger partial charge on any atom is -0.478 e. The molecule has 1 unspecified atom stereocenters. The molecule has 0 heterocycles. The molecule has 0 amide bonds. The summed E-state index contributed by atoms with van der Waals surface area (Å²) < 4.78 is 10.9. The first-order valence-corrected chi connectivity index (χ1v) is 7.20. The normalized spacial score (nSPS) is 11.8. The van der Waals surface area contributed by atoms with Crippen LogP contribution >= 0.6 is 0 Å². The molecule has 0 saturated heterocycles. The molecule has 0 aliphatic carbocycles. The highest BCUT2D eigenvalue weighted by Gasteiger charge is 2.14. The van der Waals surface area contributed by atoms with Crippen molar-refractivity contribution in [3.05, 3.63) is 33.9 Å². The number of nitro benzene ring substituents is 1. The molecule has 8 heteroatoms. The van der Waals surface area contributed by atoms with Gasteiger partial charge in [0.25, 0.3) is 5.69 Å². The maximum atomic E-state index is 11.0. The first-order valence-electron chi connectivity index (χ1n) is 5.47. The summed E-state index contributed by atoms with van der Waals surface area (Å²) in [5, 5.41) is 22.5. The Balaban J connectivity index is 2.82. The zero-order valence-electron chi connectivity index (χ0n) is 10.3. The lowest BCUT2D eigenvalue weighted by Gasteiger charge is -2.08. The number of nitrogens with zero attached hydrogens (tertiary/aromatic N) is 1. The van der Waals surface area contributed by atoms with Crippen molar-refractivity contribution >= 4 is 28.1 Å². The van der Waals surface area contributed by atoms with Crippen LogP contribution in [0.2, 0.25) is 0 Å². The Labute approximate surface area is 112 Å². The van der Waals surface area contributed by atoms with Gasteiger partial charge >= 0.3 is 5.97 Å². The molecule has 1 rings (SSSR count). The molecule has 0 radical (unpaired) electrons. The van der Waals surface area contributed by atoms with Crippen molar-refractivity contribution in [1.82, 2.24) is 0 Å². The molecule has 7 nitrogen and oxygen atoms in total. The van der Waals surface area contributed by atoms with E-state index in [0.29, 0.717) is 18.7 Å².